The third-order valence-corrected chi connectivity index (χ3v) is 3.68. The van der Waals surface area contributed by atoms with Gasteiger partial charge in [-0.1, -0.05) is 11.6 Å². The van der Waals surface area contributed by atoms with Gasteiger partial charge in [0.15, 0.2) is 0 Å². The van der Waals surface area contributed by atoms with E-state index in [4.69, 9.17) is 16.0 Å². The van der Waals surface area contributed by atoms with Gasteiger partial charge in [-0.05, 0) is 46.6 Å². The highest BCUT2D eigenvalue weighted by Gasteiger charge is 2.21. The Kier molecular flexibility index (Phi) is 3.56. The number of halogens is 3. The zero-order chi connectivity index (χ0) is 12.6. The zero-order valence-electron chi connectivity index (χ0n) is 8.88. The molecule has 0 saturated carbocycles. The van der Waals surface area contributed by atoms with Crippen molar-refractivity contribution in [2.45, 2.75) is 13.0 Å². The Morgan fingerprint density at radius 3 is 2.76 bits per heavy atom. The second-order valence-electron chi connectivity index (χ2n) is 3.66. The van der Waals surface area contributed by atoms with Gasteiger partial charge in [0, 0.05) is 10.0 Å². The van der Waals surface area contributed by atoms with E-state index in [2.05, 4.69) is 15.9 Å². The summed E-state index contributed by atoms with van der Waals surface area (Å²) in [6, 6.07) is 4.31. The van der Waals surface area contributed by atoms with Crippen LogP contribution in [0.15, 0.2) is 33.4 Å². The molecular formula is C12H9BrClFO2. The minimum Gasteiger partial charge on any atom is -0.466 e. The summed E-state index contributed by atoms with van der Waals surface area (Å²) in [5.41, 5.74) is 0.854. The highest BCUT2D eigenvalue weighted by Crippen LogP contribution is 2.32. The Morgan fingerprint density at radius 2 is 2.18 bits per heavy atom. The predicted molar refractivity (Wildman–Crippen MR) is 66.6 cm³/mol. The maximum absolute atomic E-state index is 13.7. The van der Waals surface area contributed by atoms with E-state index in [0.717, 1.165) is 5.56 Å². The van der Waals surface area contributed by atoms with E-state index in [1.165, 1.54) is 18.4 Å². The Balaban J connectivity index is 2.48. The minimum absolute atomic E-state index is 0.0938. The summed E-state index contributed by atoms with van der Waals surface area (Å²) < 4.78 is 19.3. The number of aryl methyl sites for hydroxylation is 1. The Labute approximate surface area is 111 Å². The first-order valence-corrected chi connectivity index (χ1v) is 6.04. The number of rotatable bonds is 2. The third kappa shape index (κ3) is 2.39. The second-order valence-corrected chi connectivity index (χ2v) is 4.92. The number of benzene rings is 1. The second kappa shape index (κ2) is 4.80. The lowest BCUT2D eigenvalue weighted by molar-refractivity contribution is 0.183. The SMILES string of the molecule is Cc1ccoc1C(O)c1cc(Cl)c(Br)cc1F. The average Bonchev–Trinajstić information content (AvgIpc) is 2.69. The van der Waals surface area contributed by atoms with Crippen LogP contribution in [-0.2, 0) is 0 Å². The molecule has 1 atom stereocenters. The number of aliphatic hydroxyl groups is 1. The minimum atomic E-state index is -1.16. The van der Waals surface area contributed by atoms with Gasteiger partial charge in [-0.15, -0.1) is 0 Å². The molecule has 0 aliphatic rings. The molecule has 2 nitrogen and oxygen atoms in total. The molecule has 2 aromatic rings. The van der Waals surface area contributed by atoms with E-state index < -0.39 is 11.9 Å². The van der Waals surface area contributed by atoms with Gasteiger partial charge in [0.2, 0.25) is 0 Å². The molecule has 0 fully saturated rings. The van der Waals surface area contributed by atoms with Crippen LogP contribution in [0.1, 0.15) is 23.0 Å². The summed E-state index contributed by atoms with van der Waals surface area (Å²) in [5.74, 6) is -0.216. The smallest absolute Gasteiger partial charge is 0.140 e. The molecule has 1 unspecified atom stereocenters. The van der Waals surface area contributed by atoms with Crippen molar-refractivity contribution in [1.29, 1.82) is 0 Å². The number of hydrogen-bond acceptors (Lipinski definition) is 2. The van der Waals surface area contributed by atoms with Crippen LogP contribution in [0.2, 0.25) is 5.02 Å². The summed E-state index contributed by atoms with van der Waals surface area (Å²) in [7, 11) is 0. The Hall–Kier alpha value is -0.840. The van der Waals surface area contributed by atoms with Gasteiger partial charge in [-0.25, -0.2) is 4.39 Å². The molecule has 2 rings (SSSR count). The fourth-order valence-corrected chi connectivity index (χ4v) is 2.04. The van der Waals surface area contributed by atoms with Crippen molar-refractivity contribution in [2.75, 3.05) is 0 Å². The van der Waals surface area contributed by atoms with Gasteiger partial charge in [0.1, 0.15) is 17.7 Å². The molecule has 0 spiro atoms. The zero-order valence-corrected chi connectivity index (χ0v) is 11.2. The van der Waals surface area contributed by atoms with Crippen molar-refractivity contribution in [3.8, 4) is 0 Å². The number of aliphatic hydroxyl groups excluding tert-OH is 1. The molecule has 1 aromatic carbocycles. The summed E-state index contributed by atoms with van der Waals surface area (Å²) in [6.45, 7) is 1.78. The maximum atomic E-state index is 13.7. The average molecular weight is 320 g/mol. The van der Waals surface area contributed by atoms with Crippen LogP contribution in [-0.4, -0.2) is 5.11 Å². The van der Waals surface area contributed by atoms with Crippen LogP contribution in [0, 0.1) is 12.7 Å². The summed E-state index contributed by atoms with van der Waals surface area (Å²) in [5, 5.41) is 10.4. The standard InChI is InChI=1S/C12H9BrClFO2/c1-6-2-3-17-12(6)11(16)7-4-9(14)8(13)5-10(7)15/h2-5,11,16H,1H3. The first kappa shape index (κ1) is 12.6. The Morgan fingerprint density at radius 1 is 1.47 bits per heavy atom. The lowest BCUT2D eigenvalue weighted by Gasteiger charge is -2.11. The van der Waals surface area contributed by atoms with Crippen LogP contribution < -0.4 is 0 Å². The van der Waals surface area contributed by atoms with Gasteiger partial charge in [-0.3, -0.25) is 0 Å². The van der Waals surface area contributed by atoms with Crippen LogP contribution >= 0.6 is 27.5 Å². The molecule has 1 aromatic heterocycles. The topological polar surface area (TPSA) is 33.4 Å². The molecule has 17 heavy (non-hydrogen) atoms. The van der Waals surface area contributed by atoms with E-state index in [0.29, 0.717) is 15.3 Å². The molecule has 0 aliphatic carbocycles. The predicted octanol–water partition coefficient (Wildman–Crippen LogP) is 4.22. The van der Waals surface area contributed by atoms with Gasteiger partial charge < -0.3 is 9.52 Å². The fraction of sp³-hybridized carbons (Fsp3) is 0.167. The van der Waals surface area contributed by atoms with E-state index in [-0.39, 0.29) is 5.56 Å². The fourth-order valence-electron chi connectivity index (χ4n) is 1.55. The molecule has 0 amide bonds. The molecule has 0 aliphatic heterocycles. The van der Waals surface area contributed by atoms with E-state index >= 15 is 0 Å². The van der Waals surface area contributed by atoms with E-state index in [1.807, 2.05) is 0 Å². The van der Waals surface area contributed by atoms with Crippen molar-refractivity contribution in [2.24, 2.45) is 0 Å². The number of hydrogen-bond donors (Lipinski definition) is 1. The molecule has 0 bridgehead atoms. The van der Waals surface area contributed by atoms with E-state index in [1.54, 1.807) is 13.0 Å². The van der Waals surface area contributed by atoms with Crippen molar-refractivity contribution in [3.05, 3.63) is 56.7 Å². The summed E-state index contributed by atoms with van der Waals surface area (Å²) >= 11 is 8.99. The molecule has 1 heterocycles. The van der Waals surface area contributed by atoms with Gasteiger partial charge in [0.05, 0.1) is 11.3 Å². The van der Waals surface area contributed by atoms with Crippen LogP contribution in [0.5, 0.6) is 0 Å². The molecule has 5 heteroatoms. The number of furan rings is 1. The quantitative estimate of drug-likeness (QED) is 0.841. The third-order valence-electron chi connectivity index (χ3n) is 2.48. The van der Waals surface area contributed by atoms with Crippen molar-refractivity contribution in [1.82, 2.24) is 0 Å². The lowest BCUT2D eigenvalue weighted by Crippen LogP contribution is -2.03. The van der Waals surface area contributed by atoms with Crippen molar-refractivity contribution in [3.63, 3.8) is 0 Å². The monoisotopic (exact) mass is 318 g/mol. The van der Waals surface area contributed by atoms with E-state index in [9.17, 15) is 9.50 Å². The lowest BCUT2D eigenvalue weighted by atomic mass is 10.0. The molecule has 1 N–H and O–H groups in total. The molecule has 0 saturated heterocycles. The molecular weight excluding hydrogens is 310 g/mol. The van der Waals surface area contributed by atoms with Gasteiger partial charge >= 0.3 is 0 Å². The summed E-state index contributed by atoms with van der Waals surface area (Å²) in [4.78, 5) is 0. The van der Waals surface area contributed by atoms with Crippen molar-refractivity contribution < 1.29 is 13.9 Å². The Bertz CT molecular complexity index is 553. The van der Waals surface area contributed by atoms with Crippen LogP contribution in [0.4, 0.5) is 4.39 Å². The molecule has 0 radical (unpaired) electrons. The highest BCUT2D eigenvalue weighted by molar-refractivity contribution is 9.10. The first-order chi connectivity index (χ1) is 8.00. The normalized spacial score (nSPS) is 12.8. The maximum Gasteiger partial charge on any atom is 0.140 e. The summed E-state index contributed by atoms with van der Waals surface area (Å²) in [6.07, 6.45) is 0.294. The highest BCUT2D eigenvalue weighted by atomic mass is 79.9. The first-order valence-electron chi connectivity index (χ1n) is 4.87. The van der Waals surface area contributed by atoms with Gasteiger partial charge in [-0.2, -0.15) is 0 Å². The van der Waals surface area contributed by atoms with Crippen LogP contribution in [0.3, 0.4) is 0 Å². The largest absolute Gasteiger partial charge is 0.466 e. The van der Waals surface area contributed by atoms with Crippen molar-refractivity contribution >= 4 is 27.5 Å². The van der Waals surface area contributed by atoms with Gasteiger partial charge in [0.25, 0.3) is 0 Å². The molecule has 90 valence electrons. The van der Waals surface area contributed by atoms with Crippen LogP contribution in [0.25, 0.3) is 0 Å².